The maximum Gasteiger partial charge on any atom is 0.234 e. The Morgan fingerprint density at radius 2 is 1.82 bits per heavy atom. The van der Waals surface area contributed by atoms with Crippen LogP contribution in [0, 0.1) is 6.92 Å². The number of anilines is 1. The zero-order chi connectivity index (χ0) is 19.8. The predicted molar refractivity (Wildman–Crippen MR) is 121 cm³/mol. The molecule has 0 aliphatic carbocycles. The number of amides is 1. The first-order valence-electron chi connectivity index (χ1n) is 9.69. The Morgan fingerprint density at radius 1 is 1.11 bits per heavy atom. The van der Waals surface area contributed by atoms with Gasteiger partial charge in [-0.05, 0) is 49.6 Å². The van der Waals surface area contributed by atoms with E-state index in [9.17, 15) is 4.79 Å². The molecule has 1 N–H and O–H groups in total. The molecule has 2 aromatic carbocycles. The van der Waals surface area contributed by atoms with Crippen molar-refractivity contribution in [3.8, 4) is 0 Å². The minimum atomic E-state index is -0.0775. The lowest BCUT2D eigenvalue weighted by atomic mass is 10.2. The van der Waals surface area contributed by atoms with Crippen molar-refractivity contribution in [2.24, 2.45) is 4.99 Å². The monoisotopic (exact) mass is 415 g/mol. The fourth-order valence-electron chi connectivity index (χ4n) is 3.11. The molecule has 1 saturated heterocycles. The molecule has 1 heterocycles. The standard InChI is InChI=1S/C22H26ClN3OS/c1-17-11-12-20(19(23)15-17)25-21(27)16-28-22(24-18-9-5-4-6-10-18)26-13-7-2-3-8-14-26/h4-6,9-12,15H,2-3,7-8,13-14,16H2,1H3,(H,25,27). The lowest BCUT2D eigenvalue weighted by molar-refractivity contribution is -0.113. The summed E-state index contributed by atoms with van der Waals surface area (Å²) in [5.41, 5.74) is 2.63. The highest BCUT2D eigenvalue weighted by atomic mass is 35.5. The molecule has 0 bridgehead atoms. The Morgan fingerprint density at radius 3 is 2.50 bits per heavy atom. The first-order chi connectivity index (χ1) is 13.6. The van der Waals surface area contributed by atoms with Gasteiger partial charge in [-0.15, -0.1) is 0 Å². The second kappa shape index (κ2) is 10.5. The van der Waals surface area contributed by atoms with Crippen LogP contribution in [0.25, 0.3) is 0 Å². The summed E-state index contributed by atoms with van der Waals surface area (Å²) in [5.74, 6) is 0.221. The lowest BCUT2D eigenvalue weighted by Crippen LogP contribution is -2.31. The number of thioether (sulfide) groups is 1. The fourth-order valence-corrected chi connectivity index (χ4v) is 4.26. The van der Waals surface area contributed by atoms with E-state index in [1.54, 1.807) is 0 Å². The van der Waals surface area contributed by atoms with E-state index in [1.165, 1.54) is 37.4 Å². The van der Waals surface area contributed by atoms with Crippen molar-refractivity contribution in [1.29, 1.82) is 0 Å². The molecule has 148 valence electrons. The van der Waals surface area contributed by atoms with Gasteiger partial charge < -0.3 is 10.2 Å². The lowest BCUT2D eigenvalue weighted by Gasteiger charge is -2.23. The van der Waals surface area contributed by atoms with Crippen LogP contribution in [-0.4, -0.2) is 34.8 Å². The van der Waals surface area contributed by atoms with E-state index in [0.717, 1.165) is 29.5 Å². The highest BCUT2D eigenvalue weighted by Crippen LogP contribution is 2.24. The molecule has 2 aromatic rings. The predicted octanol–water partition coefficient (Wildman–Crippen LogP) is 5.88. The maximum atomic E-state index is 12.5. The van der Waals surface area contributed by atoms with Gasteiger partial charge in [-0.3, -0.25) is 4.79 Å². The van der Waals surface area contributed by atoms with Crippen molar-refractivity contribution in [2.45, 2.75) is 32.6 Å². The minimum absolute atomic E-state index is 0.0775. The number of hydrogen-bond acceptors (Lipinski definition) is 3. The summed E-state index contributed by atoms with van der Waals surface area (Å²) in [6, 6.07) is 15.6. The Labute approximate surface area is 176 Å². The van der Waals surface area contributed by atoms with Crippen molar-refractivity contribution in [2.75, 3.05) is 24.2 Å². The minimum Gasteiger partial charge on any atom is -0.351 e. The molecule has 1 fully saturated rings. The van der Waals surface area contributed by atoms with E-state index in [2.05, 4.69) is 10.2 Å². The first kappa shape index (κ1) is 20.7. The number of hydrogen-bond donors (Lipinski definition) is 1. The number of nitrogens with zero attached hydrogens (tertiary/aromatic N) is 2. The van der Waals surface area contributed by atoms with Crippen LogP contribution in [0.2, 0.25) is 5.02 Å². The van der Waals surface area contributed by atoms with Crippen molar-refractivity contribution < 1.29 is 4.79 Å². The average Bonchev–Trinajstić information content (AvgIpc) is 2.97. The van der Waals surface area contributed by atoms with Crippen LogP contribution in [-0.2, 0) is 4.79 Å². The van der Waals surface area contributed by atoms with Crippen molar-refractivity contribution in [3.05, 3.63) is 59.1 Å². The number of aliphatic imine (C=N–C) groups is 1. The number of aryl methyl sites for hydroxylation is 1. The zero-order valence-electron chi connectivity index (χ0n) is 16.2. The third kappa shape index (κ3) is 6.28. The van der Waals surface area contributed by atoms with Gasteiger partial charge in [0.2, 0.25) is 5.91 Å². The number of amidine groups is 1. The van der Waals surface area contributed by atoms with E-state index in [-0.39, 0.29) is 5.91 Å². The Kier molecular flexibility index (Phi) is 7.80. The quantitative estimate of drug-likeness (QED) is 0.500. The number of carbonyl (C=O) groups is 1. The van der Waals surface area contributed by atoms with Crippen LogP contribution in [0.3, 0.4) is 0 Å². The van der Waals surface area contributed by atoms with Crippen LogP contribution in [0.1, 0.15) is 31.2 Å². The van der Waals surface area contributed by atoms with E-state index >= 15 is 0 Å². The van der Waals surface area contributed by atoms with Crippen LogP contribution in [0.4, 0.5) is 11.4 Å². The van der Waals surface area contributed by atoms with E-state index in [1.807, 2.05) is 55.5 Å². The second-order valence-electron chi connectivity index (χ2n) is 6.95. The molecular weight excluding hydrogens is 390 g/mol. The number of halogens is 1. The molecule has 4 nitrogen and oxygen atoms in total. The molecule has 0 atom stereocenters. The molecule has 3 rings (SSSR count). The third-order valence-corrected chi connectivity index (χ3v) is 5.92. The summed E-state index contributed by atoms with van der Waals surface area (Å²) >= 11 is 7.72. The highest BCUT2D eigenvalue weighted by molar-refractivity contribution is 8.14. The molecule has 1 aliphatic heterocycles. The molecule has 0 saturated carbocycles. The fraction of sp³-hybridized carbons (Fsp3) is 0.364. The van der Waals surface area contributed by atoms with Gasteiger partial charge in [-0.2, -0.15) is 0 Å². The summed E-state index contributed by atoms with van der Waals surface area (Å²) in [4.78, 5) is 19.6. The van der Waals surface area contributed by atoms with Gasteiger partial charge in [0.05, 0.1) is 22.2 Å². The summed E-state index contributed by atoms with van der Waals surface area (Å²) in [6.07, 6.45) is 4.84. The van der Waals surface area contributed by atoms with Crippen molar-refractivity contribution >= 4 is 45.8 Å². The van der Waals surface area contributed by atoms with Crippen LogP contribution in [0.5, 0.6) is 0 Å². The van der Waals surface area contributed by atoms with Gasteiger partial charge in [-0.1, -0.05) is 60.5 Å². The van der Waals surface area contributed by atoms with Gasteiger partial charge in [0.15, 0.2) is 5.17 Å². The van der Waals surface area contributed by atoms with Crippen LogP contribution < -0.4 is 5.32 Å². The smallest absolute Gasteiger partial charge is 0.234 e. The number of nitrogens with one attached hydrogen (secondary N) is 1. The highest BCUT2D eigenvalue weighted by Gasteiger charge is 2.17. The van der Waals surface area contributed by atoms with Crippen molar-refractivity contribution in [3.63, 3.8) is 0 Å². The SMILES string of the molecule is Cc1ccc(NC(=O)CSC(=Nc2ccccc2)N2CCCCCC2)c(Cl)c1. The number of rotatable bonds is 4. The first-order valence-corrected chi connectivity index (χ1v) is 11.1. The van der Waals surface area contributed by atoms with Gasteiger partial charge >= 0.3 is 0 Å². The normalized spacial score (nSPS) is 15.2. The Bertz CT molecular complexity index is 818. The number of para-hydroxylation sites is 1. The summed E-state index contributed by atoms with van der Waals surface area (Å²) in [7, 11) is 0. The third-order valence-electron chi connectivity index (χ3n) is 4.59. The maximum absolute atomic E-state index is 12.5. The van der Waals surface area contributed by atoms with Gasteiger partial charge in [0.25, 0.3) is 0 Å². The molecule has 0 spiro atoms. The molecule has 6 heteroatoms. The average molecular weight is 416 g/mol. The zero-order valence-corrected chi connectivity index (χ0v) is 17.7. The second-order valence-corrected chi connectivity index (χ2v) is 8.30. The molecule has 0 radical (unpaired) electrons. The van der Waals surface area contributed by atoms with Gasteiger partial charge in [0.1, 0.15) is 0 Å². The summed E-state index contributed by atoms with van der Waals surface area (Å²) in [5, 5.41) is 4.38. The van der Waals surface area contributed by atoms with E-state index in [4.69, 9.17) is 16.6 Å². The van der Waals surface area contributed by atoms with E-state index in [0.29, 0.717) is 16.5 Å². The Hall–Kier alpha value is -1.98. The van der Waals surface area contributed by atoms with Crippen molar-refractivity contribution in [1.82, 2.24) is 4.90 Å². The molecular formula is C22H26ClN3OS. The van der Waals surface area contributed by atoms with Gasteiger partial charge in [-0.25, -0.2) is 4.99 Å². The van der Waals surface area contributed by atoms with E-state index < -0.39 is 0 Å². The topological polar surface area (TPSA) is 44.7 Å². The molecule has 1 amide bonds. The number of benzene rings is 2. The largest absolute Gasteiger partial charge is 0.351 e. The number of carbonyl (C=O) groups excluding carboxylic acids is 1. The molecule has 1 aliphatic rings. The molecule has 28 heavy (non-hydrogen) atoms. The summed E-state index contributed by atoms with van der Waals surface area (Å²) < 4.78 is 0. The molecule has 0 aromatic heterocycles. The van der Waals surface area contributed by atoms with Crippen LogP contribution >= 0.6 is 23.4 Å². The Balaban J connectivity index is 1.68. The molecule has 0 unspecified atom stereocenters. The summed E-state index contributed by atoms with van der Waals surface area (Å²) in [6.45, 7) is 3.95. The number of likely N-dealkylation sites (tertiary alicyclic amines) is 1. The van der Waals surface area contributed by atoms with Crippen LogP contribution in [0.15, 0.2) is 53.5 Å². The van der Waals surface area contributed by atoms with Gasteiger partial charge in [0, 0.05) is 13.1 Å².